The van der Waals surface area contributed by atoms with E-state index in [1.807, 2.05) is 37.3 Å². The number of aromatic nitrogens is 1. The smallest absolute Gasteiger partial charge is 0.255 e. The van der Waals surface area contributed by atoms with Crippen LogP contribution in [-0.2, 0) is 5.41 Å². The van der Waals surface area contributed by atoms with E-state index in [-0.39, 0.29) is 11.3 Å². The molecular formula is C23H26N2O. The second-order valence-electron chi connectivity index (χ2n) is 8.07. The first-order valence-corrected chi connectivity index (χ1v) is 8.95. The fraction of sp³-hybridized carbons (Fsp3) is 0.304. The average Bonchev–Trinajstić information content (AvgIpc) is 2.55. The maximum absolute atomic E-state index is 12.8. The number of nitrogens with one attached hydrogen (secondary N) is 1. The van der Waals surface area contributed by atoms with Crippen LogP contribution < -0.4 is 5.32 Å². The summed E-state index contributed by atoms with van der Waals surface area (Å²) in [5.41, 5.74) is 6.86. The molecule has 0 saturated carbocycles. The highest BCUT2D eigenvalue weighted by Gasteiger charge is 2.15. The summed E-state index contributed by atoms with van der Waals surface area (Å²) >= 11 is 0. The van der Waals surface area contributed by atoms with Crippen LogP contribution in [-0.4, -0.2) is 10.9 Å². The second kappa shape index (κ2) is 6.56. The quantitative estimate of drug-likeness (QED) is 0.646. The molecule has 1 aromatic heterocycles. The van der Waals surface area contributed by atoms with Gasteiger partial charge in [0.2, 0.25) is 0 Å². The maximum atomic E-state index is 12.8. The number of hydrogen-bond acceptors (Lipinski definition) is 2. The number of anilines is 1. The molecule has 0 bridgehead atoms. The van der Waals surface area contributed by atoms with Gasteiger partial charge in [0.15, 0.2) is 0 Å². The van der Waals surface area contributed by atoms with Crippen molar-refractivity contribution in [1.82, 2.24) is 4.98 Å². The van der Waals surface area contributed by atoms with Gasteiger partial charge < -0.3 is 5.32 Å². The van der Waals surface area contributed by atoms with Crippen LogP contribution in [0.3, 0.4) is 0 Å². The van der Waals surface area contributed by atoms with Crippen molar-refractivity contribution in [1.29, 1.82) is 0 Å². The number of hydrogen-bond donors (Lipinski definition) is 1. The topological polar surface area (TPSA) is 42.0 Å². The molecule has 3 heteroatoms. The van der Waals surface area contributed by atoms with E-state index in [2.05, 4.69) is 57.1 Å². The Morgan fingerprint density at radius 2 is 1.62 bits per heavy atom. The molecule has 0 radical (unpaired) electrons. The summed E-state index contributed by atoms with van der Waals surface area (Å²) in [5.74, 6) is -0.100. The van der Waals surface area contributed by atoms with Crippen LogP contribution in [0, 0.1) is 20.8 Å². The lowest BCUT2D eigenvalue weighted by Gasteiger charge is -2.19. The molecule has 3 rings (SSSR count). The number of carbonyl (C=O) groups is 1. The number of benzene rings is 2. The molecule has 0 aliphatic heterocycles. The zero-order valence-electron chi connectivity index (χ0n) is 16.4. The minimum atomic E-state index is -0.100. The number of amides is 1. The van der Waals surface area contributed by atoms with Gasteiger partial charge in [-0.2, -0.15) is 0 Å². The maximum Gasteiger partial charge on any atom is 0.255 e. The van der Waals surface area contributed by atoms with Crippen LogP contribution in [0.1, 0.15) is 53.5 Å². The molecule has 2 aromatic carbocycles. The van der Waals surface area contributed by atoms with Gasteiger partial charge in [0.1, 0.15) is 0 Å². The first kappa shape index (κ1) is 18.1. The van der Waals surface area contributed by atoms with E-state index in [9.17, 15) is 4.79 Å². The van der Waals surface area contributed by atoms with Crippen LogP contribution in [0.2, 0.25) is 0 Å². The molecule has 0 saturated heterocycles. The number of carbonyl (C=O) groups excluding carboxylic acids is 1. The molecule has 3 aromatic rings. The summed E-state index contributed by atoms with van der Waals surface area (Å²) in [5, 5.41) is 4.06. The van der Waals surface area contributed by atoms with Crippen LogP contribution in [0.4, 0.5) is 5.69 Å². The van der Waals surface area contributed by atoms with Crippen molar-refractivity contribution in [2.24, 2.45) is 0 Å². The Bertz CT molecular complexity index is 980. The van der Waals surface area contributed by atoms with E-state index in [0.29, 0.717) is 5.56 Å². The number of aryl methyl sites for hydroxylation is 3. The largest absolute Gasteiger partial charge is 0.321 e. The monoisotopic (exact) mass is 346 g/mol. The molecule has 0 aliphatic rings. The summed E-state index contributed by atoms with van der Waals surface area (Å²) in [6.45, 7) is 12.6. The van der Waals surface area contributed by atoms with E-state index in [4.69, 9.17) is 0 Å². The normalized spacial score (nSPS) is 11.6. The van der Waals surface area contributed by atoms with E-state index in [1.165, 1.54) is 5.56 Å². The molecule has 0 unspecified atom stereocenters. The van der Waals surface area contributed by atoms with Crippen LogP contribution in [0.25, 0.3) is 10.9 Å². The lowest BCUT2D eigenvalue weighted by molar-refractivity contribution is 0.102. The Morgan fingerprint density at radius 3 is 2.23 bits per heavy atom. The molecular weight excluding hydrogens is 320 g/mol. The number of rotatable bonds is 2. The molecule has 1 N–H and O–H groups in total. The summed E-state index contributed by atoms with van der Waals surface area (Å²) in [6, 6.07) is 14.0. The van der Waals surface area contributed by atoms with Crippen molar-refractivity contribution in [2.75, 3.05) is 5.32 Å². The van der Waals surface area contributed by atoms with Gasteiger partial charge in [0.05, 0.1) is 11.2 Å². The van der Waals surface area contributed by atoms with E-state index in [1.54, 1.807) is 0 Å². The van der Waals surface area contributed by atoms with E-state index in [0.717, 1.165) is 33.4 Å². The Hall–Kier alpha value is -2.68. The zero-order chi connectivity index (χ0) is 19.1. The fourth-order valence-electron chi connectivity index (χ4n) is 3.23. The molecule has 0 atom stereocenters. The Balaban J connectivity index is 1.97. The minimum Gasteiger partial charge on any atom is -0.321 e. The first-order chi connectivity index (χ1) is 12.1. The molecule has 3 nitrogen and oxygen atoms in total. The molecule has 1 heterocycles. The van der Waals surface area contributed by atoms with E-state index >= 15 is 0 Å². The fourth-order valence-corrected chi connectivity index (χ4v) is 3.23. The van der Waals surface area contributed by atoms with Gasteiger partial charge in [-0.3, -0.25) is 9.78 Å². The number of pyridine rings is 1. The molecule has 0 spiro atoms. The summed E-state index contributed by atoms with van der Waals surface area (Å²) < 4.78 is 0. The predicted octanol–water partition coefficient (Wildman–Crippen LogP) is 5.71. The lowest BCUT2D eigenvalue weighted by Crippen LogP contribution is -2.15. The summed E-state index contributed by atoms with van der Waals surface area (Å²) in [6.07, 6.45) is 0. The van der Waals surface area contributed by atoms with Gasteiger partial charge in [-0.05, 0) is 61.6 Å². The van der Waals surface area contributed by atoms with Gasteiger partial charge >= 0.3 is 0 Å². The summed E-state index contributed by atoms with van der Waals surface area (Å²) in [7, 11) is 0. The van der Waals surface area contributed by atoms with Crippen LogP contribution >= 0.6 is 0 Å². The third kappa shape index (κ3) is 3.62. The Labute approximate surface area is 155 Å². The average molecular weight is 346 g/mol. The van der Waals surface area contributed by atoms with Crippen molar-refractivity contribution < 1.29 is 4.79 Å². The number of fused-ring (bicyclic) bond motifs is 1. The first-order valence-electron chi connectivity index (χ1n) is 8.95. The summed E-state index contributed by atoms with van der Waals surface area (Å²) in [4.78, 5) is 17.4. The SMILES string of the molecule is Cc1cc(C)c2nc(C)cc(NC(=O)c3ccc(C(C)(C)C)cc3)c2c1. The van der Waals surface area contributed by atoms with Crippen molar-refractivity contribution in [3.63, 3.8) is 0 Å². The second-order valence-corrected chi connectivity index (χ2v) is 8.07. The van der Waals surface area contributed by atoms with Crippen molar-refractivity contribution in [3.8, 4) is 0 Å². The van der Waals surface area contributed by atoms with Gasteiger partial charge in [-0.25, -0.2) is 0 Å². The highest BCUT2D eigenvalue weighted by molar-refractivity contribution is 6.09. The Kier molecular flexibility index (Phi) is 4.57. The molecule has 0 aliphatic carbocycles. The highest BCUT2D eigenvalue weighted by Crippen LogP contribution is 2.28. The lowest BCUT2D eigenvalue weighted by atomic mass is 9.86. The van der Waals surface area contributed by atoms with Gasteiger partial charge in [-0.1, -0.05) is 44.5 Å². The standard InChI is InChI=1S/C23H26N2O/c1-14-11-15(2)21-19(12-14)20(13-16(3)24-21)25-22(26)17-7-9-18(10-8-17)23(4,5)6/h7-13H,1-6H3,(H,24,25,26). The van der Waals surface area contributed by atoms with Gasteiger partial charge in [0.25, 0.3) is 5.91 Å². The highest BCUT2D eigenvalue weighted by atomic mass is 16.1. The molecule has 134 valence electrons. The van der Waals surface area contributed by atoms with Gasteiger partial charge in [-0.15, -0.1) is 0 Å². The molecule has 26 heavy (non-hydrogen) atoms. The van der Waals surface area contributed by atoms with Crippen LogP contribution in [0.15, 0.2) is 42.5 Å². The molecule has 0 fully saturated rings. The van der Waals surface area contributed by atoms with Crippen molar-refractivity contribution in [3.05, 3.63) is 70.4 Å². The van der Waals surface area contributed by atoms with Gasteiger partial charge in [0, 0.05) is 16.6 Å². The number of nitrogens with zero attached hydrogens (tertiary/aromatic N) is 1. The third-order valence-electron chi connectivity index (χ3n) is 4.64. The van der Waals surface area contributed by atoms with Crippen molar-refractivity contribution in [2.45, 2.75) is 47.0 Å². The van der Waals surface area contributed by atoms with E-state index < -0.39 is 0 Å². The predicted molar refractivity (Wildman–Crippen MR) is 109 cm³/mol. The van der Waals surface area contributed by atoms with Crippen LogP contribution in [0.5, 0.6) is 0 Å². The minimum absolute atomic E-state index is 0.0719. The Morgan fingerprint density at radius 1 is 0.962 bits per heavy atom. The third-order valence-corrected chi connectivity index (χ3v) is 4.64. The van der Waals surface area contributed by atoms with Crippen molar-refractivity contribution >= 4 is 22.5 Å². The zero-order valence-corrected chi connectivity index (χ0v) is 16.4. The molecule has 1 amide bonds.